The fourth-order valence-corrected chi connectivity index (χ4v) is 4.48. The summed E-state index contributed by atoms with van der Waals surface area (Å²) in [6.07, 6.45) is 0. The van der Waals surface area contributed by atoms with E-state index in [4.69, 9.17) is 0 Å². The number of carbonyl (C=O) groups excluding carboxylic acids is 1. The van der Waals surface area contributed by atoms with Gasteiger partial charge in [-0.25, -0.2) is 8.42 Å². The van der Waals surface area contributed by atoms with Gasteiger partial charge in [-0.15, -0.1) is 11.8 Å². The molecule has 2 N–H and O–H groups in total. The molecule has 3 aromatic carbocycles. The maximum atomic E-state index is 12.5. The van der Waals surface area contributed by atoms with E-state index < -0.39 is 10.0 Å². The molecule has 0 radical (unpaired) electrons. The second-order valence-corrected chi connectivity index (χ2v) is 9.65. The molecule has 0 unspecified atom stereocenters. The summed E-state index contributed by atoms with van der Waals surface area (Å²) >= 11 is 1.47. The highest BCUT2D eigenvalue weighted by molar-refractivity contribution is 8.00. The van der Waals surface area contributed by atoms with Crippen molar-refractivity contribution in [3.05, 3.63) is 84.4 Å². The van der Waals surface area contributed by atoms with Gasteiger partial charge in [0.05, 0.1) is 10.1 Å². The highest BCUT2D eigenvalue weighted by Gasteiger charge is 2.17. The maximum Gasteiger partial charge on any atom is 0.261 e. The summed E-state index contributed by atoms with van der Waals surface area (Å²) in [4.78, 5) is 13.6. The number of para-hydroxylation sites is 1. The van der Waals surface area contributed by atoms with Crippen LogP contribution in [0.3, 0.4) is 0 Å². The lowest BCUT2D eigenvalue weighted by molar-refractivity contribution is -0.115. The van der Waals surface area contributed by atoms with Crippen LogP contribution in [0.15, 0.2) is 88.7 Å². The molecule has 0 aliphatic rings. The van der Waals surface area contributed by atoms with Gasteiger partial charge in [-0.2, -0.15) is 0 Å². The number of rotatable bonds is 7. The number of carbonyl (C=O) groups is 1. The van der Waals surface area contributed by atoms with Gasteiger partial charge in [0.1, 0.15) is 0 Å². The number of amides is 1. The number of thioether (sulfide) groups is 1. The van der Waals surface area contributed by atoms with E-state index in [1.165, 1.54) is 29.5 Å². The number of hydrogen-bond donors (Lipinski definition) is 2. The van der Waals surface area contributed by atoms with E-state index in [-0.39, 0.29) is 16.1 Å². The molecule has 7 heteroatoms. The molecule has 3 aromatic rings. The molecule has 3 rings (SSSR count). The van der Waals surface area contributed by atoms with Crippen molar-refractivity contribution >= 4 is 39.1 Å². The van der Waals surface area contributed by atoms with E-state index in [9.17, 15) is 13.2 Å². The predicted molar refractivity (Wildman–Crippen MR) is 119 cm³/mol. The minimum Gasteiger partial charge on any atom is -0.325 e. The molecular formula is C22H22N2O3S2. The van der Waals surface area contributed by atoms with Crippen LogP contribution in [0.1, 0.15) is 12.5 Å². The van der Waals surface area contributed by atoms with E-state index >= 15 is 0 Å². The Morgan fingerprint density at radius 2 is 1.48 bits per heavy atom. The summed E-state index contributed by atoms with van der Waals surface area (Å²) in [6, 6.07) is 22.8. The number of aryl methyl sites for hydroxylation is 1. The lowest BCUT2D eigenvalue weighted by atomic mass is 10.2. The number of sulfonamides is 1. The molecule has 0 bridgehead atoms. The van der Waals surface area contributed by atoms with E-state index in [0.29, 0.717) is 11.4 Å². The molecule has 0 heterocycles. The Hall–Kier alpha value is -2.77. The summed E-state index contributed by atoms with van der Waals surface area (Å²) in [7, 11) is -3.69. The van der Waals surface area contributed by atoms with Crippen LogP contribution in [0.25, 0.3) is 0 Å². The van der Waals surface area contributed by atoms with Crippen LogP contribution in [-0.4, -0.2) is 19.6 Å². The Morgan fingerprint density at radius 3 is 2.10 bits per heavy atom. The number of anilines is 2. The Labute approximate surface area is 175 Å². The average Bonchev–Trinajstić information content (AvgIpc) is 2.70. The largest absolute Gasteiger partial charge is 0.325 e. The minimum atomic E-state index is -3.69. The van der Waals surface area contributed by atoms with Crippen LogP contribution in [0.2, 0.25) is 0 Å². The van der Waals surface area contributed by atoms with E-state index in [2.05, 4.69) is 10.0 Å². The molecule has 0 saturated carbocycles. The topological polar surface area (TPSA) is 75.3 Å². The Morgan fingerprint density at radius 1 is 0.862 bits per heavy atom. The smallest absolute Gasteiger partial charge is 0.261 e. The van der Waals surface area contributed by atoms with Crippen molar-refractivity contribution in [3.8, 4) is 0 Å². The standard InChI is InChI=1S/C22H22N2O3S2/c1-16-8-12-20(13-9-16)28-17(2)22(25)23-18-10-14-21(15-11-18)29(26,27)24-19-6-4-3-5-7-19/h3-15,17,24H,1-2H3,(H,23,25)/t17-/m1/s1. The Balaban J connectivity index is 1.62. The monoisotopic (exact) mass is 426 g/mol. The van der Waals surface area contributed by atoms with Crippen molar-refractivity contribution in [2.75, 3.05) is 10.0 Å². The van der Waals surface area contributed by atoms with Gasteiger partial charge in [0.25, 0.3) is 10.0 Å². The molecule has 29 heavy (non-hydrogen) atoms. The van der Waals surface area contributed by atoms with Crippen LogP contribution in [-0.2, 0) is 14.8 Å². The van der Waals surface area contributed by atoms with E-state index in [1.807, 2.05) is 44.2 Å². The highest BCUT2D eigenvalue weighted by Crippen LogP contribution is 2.25. The van der Waals surface area contributed by atoms with Crippen LogP contribution >= 0.6 is 11.8 Å². The van der Waals surface area contributed by atoms with Crippen LogP contribution < -0.4 is 10.0 Å². The van der Waals surface area contributed by atoms with Crippen molar-refractivity contribution in [2.24, 2.45) is 0 Å². The van der Waals surface area contributed by atoms with Gasteiger partial charge in [-0.3, -0.25) is 9.52 Å². The second kappa shape index (κ2) is 9.15. The van der Waals surface area contributed by atoms with Crippen molar-refractivity contribution in [1.82, 2.24) is 0 Å². The summed E-state index contributed by atoms with van der Waals surface area (Å²) in [5.41, 5.74) is 2.21. The molecular weight excluding hydrogens is 404 g/mol. The normalized spacial score (nSPS) is 12.2. The maximum absolute atomic E-state index is 12.5. The summed E-state index contributed by atoms with van der Waals surface area (Å²) in [5, 5.41) is 2.54. The van der Waals surface area contributed by atoms with Crippen molar-refractivity contribution < 1.29 is 13.2 Å². The third-order valence-corrected chi connectivity index (χ3v) is 6.67. The fourth-order valence-electron chi connectivity index (χ4n) is 2.56. The minimum absolute atomic E-state index is 0.126. The molecule has 0 saturated heterocycles. The van der Waals surface area contributed by atoms with Gasteiger partial charge >= 0.3 is 0 Å². The Kier molecular flexibility index (Phi) is 6.61. The van der Waals surface area contributed by atoms with Crippen molar-refractivity contribution in [2.45, 2.75) is 28.9 Å². The molecule has 0 aliphatic heterocycles. The number of hydrogen-bond acceptors (Lipinski definition) is 4. The Bertz CT molecular complexity index is 1070. The first kappa shape index (κ1) is 21.0. The predicted octanol–water partition coefficient (Wildman–Crippen LogP) is 4.92. The SMILES string of the molecule is Cc1ccc(S[C@H](C)C(=O)Nc2ccc(S(=O)(=O)Nc3ccccc3)cc2)cc1. The first-order chi connectivity index (χ1) is 13.8. The zero-order valence-electron chi connectivity index (χ0n) is 16.1. The van der Waals surface area contributed by atoms with Crippen molar-refractivity contribution in [3.63, 3.8) is 0 Å². The summed E-state index contributed by atoms with van der Waals surface area (Å²) in [6.45, 7) is 3.85. The first-order valence-corrected chi connectivity index (χ1v) is 11.4. The molecule has 0 aliphatic carbocycles. The van der Waals surface area contributed by atoms with Gasteiger partial charge in [0, 0.05) is 16.3 Å². The first-order valence-electron chi connectivity index (χ1n) is 9.05. The molecule has 1 atom stereocenters. The molecule has 5 nitrogen and oxygen atoms in total. The quantitative estimate of drug-likeness (QED) is 0.526. The van der Waals surface area contributed by atoms with Gasteiger partial charge in [-0.05, 0) is 62.4 Å². The van der Waals surface area contributed by atoms with Crippen LogP contribution in [0.4, 0.5) is 11.4 Å². The van der Waals surface area contributed by atoms with E-state index in [1.54, 1.807) is 36.4 Å². The lowest BCUT2D eigenvalue weighted by Crippen LogP contribution is -2.22. The van der Waals surface area contributed by atoms with Crippen LogP contribution in [0.5, 0.6) is 0 Å². The molecule has 1 amide bonds. The molecule has 0 spiro atoms. The van der Waals surface area contributed by atoms with E-state index in [0.717, 1.165) is 4.90 Å². The van der Waals surface area contributed by atoms with Gasteiger partial charge in [0.15, 0.2) is 0 Å². The van der Waals surface area contributed by atoms with Gasteiger partial charge in [0.2, 0.25) is 5.91 Å². The average molecular weight is 427 g/mol. The van der Waals surface area contributed by atoms with Crippen molar-refractivity contribution in [1.29, 1.82) is 0 Å². The highest BCUT2D eigenvalue weighted by atomic mass is 32.2. The van der Waals surface area contributed by atoms with Gasteiger partial charge < -0.3 is 5.32 Å². The zero-order valence-corrected chi connectivity index (χ0v) is 17.8. The second-order valence-electron chi connectivity index (χ2n) is 6.56. The molecule has 0 fully saturated rings. The summed E-state index contributed by atoms with van der Waals surface area (Å²) < 4.78 is 27.5. The fraction of sp³-hybridized carbons (Fsp3) is 0.136. The third kappa shape index (κ3) is 5.85. The molecule has 150 valence electrons. The number of benzene rings is 3. The molecule has 0 aromatic heterocycles. The van der Waals surface area contributed by atoms with Crippen LogP contribution in [0, 0.1) is 6.92 Å². The number of nitrogens with one attached hydrogen (secondary N) is 2. The third-order valence-electron chi connectivity index (χ3n) is 4.16. The summed E-state index contributed by atoms with van der Waals surface area (Å²) in [5.74, 6) is -0.145. The van der Waals surface area contributed by atoms with Gasteiger partial charge in [-0.1, -0.05) is 35.9 Å². The zero-order chi connectivity index (χ0) is 20.9. The lowest BCUT2D eigenvalue weighted by Gasteiger charge is -2.13.